The quantitative estimate of drug-likeness (QED) is 0.205. The fourth-order valence-electron chi connectivity index (χ4n) is 5.34. The van der Waals surface area contributed by atoms with Gasteiger partial charge in [0.15, 0.2) is 0 Å². The van der Waals surface area contributed by atoms with Crippen molar-refractivity contribution in [3.05, 3.63) is 124 Å². The third kappa shape index (κ3) is 8.07. The molecule has 45 heavy (non-hydrogen) atoms. The van der Waals surface area contributed by atoms with Crippen molar-refractivity contribution >= 4 is 34.8 Å². The van der Waals surface area contributed by atoms with Gasteiger partial charge in [-0.1, -0.05) is 117 Å². The van der Waals surface area contributed by atoms with Crippen LogP contribution in [0.15, 0.2) is 91.0 Å². The highest BCUT2D eigenvalue weighted by molar-refractivity contribution is 6.13. The first kappa shape index (κ1) is 33.2. The maximum absolute atomic E-state index is 13.8. The van der Waals surface area contributed by atoms with Gasteiger partial charge in [-0.2, -0.15) is 0 Å². The van der Waals surface area contributed by atoms with Crippen LogP contribution in [0.3, 0.4) is 0 Å². The summed E-state index contributed by atoms with van der Waals surface area (Å²) in [7, 11) is 0. The summed E-state index contributed by atoms with van der Waals surface area (Å²) in [6.07, 6.45) is 0. The summed E-state index contributed by atoms with van der Waals surface area (Å²) in [6, 6.07) is 27.5. The zero-order valence-electron chi connectivity index (χ0n) is 27.9. The minimum absolute atomic E-state index is 0.199. The normalized spacial score (nSPS) is 11.9. The van der Waals surface area contributed by atoms with Crippen LogP contribution in [0.2, 0.25) is 0 Å². The smallest absolute Gasteiger partial charge is 0.255 e. The fraction of sp³-hybridized carbons (Fsp3) is 0.308. The van der Waals surface area contributed by atoms with Crippen LogP contribution in [-0.4, -0.2) is 17.7 Å². The Morgan fingerprint density at radius 3 is 0.844 bits per heavy atom. The molecule has 0 atom stereocenters. The van der Waals surface area contributed by atoms with Gasteiger partial charge >= 0.3 is 0 Å². The molecule has 0 aromatic heterocycles. The lowest BCUT2D eigenvalue weighted by Crippen LogP contribution is -2.23. The van der Waals surface area contributed by atoms with Crippen LogP contribution in [0.5, 0.6) is 0 Å². The summed E-state index contributed by atoms with van der Waals surface area (Å²) in [5, 5.41) is 9.06. The molecule has 3 amide bonds. The molecule has 4 aromatic carbocycles. The molecule has 6 nitrogen and oxygen atoms in total. The van der Waals surface area contributed by atoms with E-state index in [9.17, 15) is 14.4 Å². The van der Waals surface area contributed by atoms with Gasteiger partial charge in [0.1, 0.15) is 0 Å². The van der Waals surface area contributed by atoms with Crippen LogP contribution in [0.1, 0.15) is 110 Å². The van der Waals surface area contributed by atoms with Gasteiger partial charge in [0, 0.05) is 33.8 Å². The van der Waals surface area contributed by atoms with E-state index in [1.54, 1.807) is 0 Å². The van der Waals surface area contributed by atoms with Gasteiger partial charge in [-0.3, -0.25) is 14.4 Å². The predicted octanol–water partition coefficient (Wildman–Crippen LogP) is 9.34. The number of amides is 3. The number of carbonyl (C=O) groups excluding carboxylic acids is 3. The molecule has 0 heterocycles. The second kappa shape index (κ2) is 12.7. The molecule has 0 bridgehead atoms. The average molecular weight is 604 g/mol. The highest BCUT2D eigenvalue weighted by atomic mass is 16.2. The van der Waals surface area contributed by atoms with Crippen LogP contribution < -0.4 is 16.0 Å². The molecule has 0 aliphatic carbocycles. The molecule has 3 N–H and O–H groups in total. The molecule has 6 heteroatoms. The average Bonchev–Trinajstić information content (AvgIpc) is 2.96. The highest BCUT2D eigenvalue weighted by Gasteiger charge is 2.24. The lowest BCUT2D eigenvalue weighted by molar-refractivity contribution is 0.102. The number of benzene rings is 4. The highest BCUT2D eigenvalue weighted by Crippen LogP contribution is 2.32. The molecule has 4 rings (SSSR count). The number of hydrogen-bond donors (Lipinski definition) is 3. The van der Waals surface area contributed by atoms with Crippen LogP contribution in [0.25, 0.3) is 0 Å². The minimum atomic E-state index is -0.416. The number of para-hydroxylation sites is 3. The van der Waals surface area contributed by atoms with Crippen molar-refractivity contribution in [2.24, 2.45) is 0 Å². The molecule has 0 spiro atoms. The Kier molecular flexibility index (Phi) is 9.38. The monoisotopic (exact) mass is 603 g/mol. The van der Waals surface area contributed by atoms with E-state index in [0.717, 1.165) is 16.7 Å². The molecule has 4 aromatic rings. The van der Waals surface area contributed by atoms with Crippen molar-refractivity contribution in [1.82, 2.24) is 0 Å². The molecule has 0 saturated carbocycles. The Morgan fingerprint density at radius 1 is 0.400 bits per heavy atom. The van der Waals surface area contributed by atoms with E-state index in [1.165, 1.54) is 18.2 Å². The maximum Gasteiger partial charge on any atom is 0.255 e. The number of nitrogens with one attached hydrogen (secondary N) is 3. The summed E-state index contributed by atoms with van der Waals surface area (Å²) in [4.78, 5) is 41.3. The Bertz CT molecular complexity index is 1520. The van der Waals surface area contributed by atoms with E-state index in [2.05, 4.69) is 78.3 Å². The van der Waals surface area contributed by atoms with Gasteiger partial charge in [0.2, 0.25) is 0 Å². The van der Waals surface area contributed by atoms with Crippen LogP contribution in [0.4, 0.5) is 17.1 Å². The molecule has 0 radical (unpaired) electrons. The predicted molar refractivity (Wildman–Crippen MR) is 186 cm³/mol. The first-order valence-corrected chi connectivity index (χ1v) is 15.3. The van der Waals surface area contributed by atoms with Crippen molar-refractivity contribution in [3.63, 3.8) is 0 Å². The first-order chi connectivity index (χ1) is 20.9. The van der Waals surface area contributed by atoms with Crippen molar-refractivity contribution in [2.75, 3.05) is 16.0 Å². The SMILES string of the molecule is CC(C)(C)c1ccccc1NC(=O)c1cc(C(=O)Nc2ccccc2C(C)(C)C)cc(C(=O)Nc2ccccc2C(C)(C)C)c1. The molecule has 0 aliphatic rings. The first-order valence-electron chi connectivity index (χ1n) is 15.3. The second-order valence-corrected chi connectivity index (χ2v) is 14.5. The second-order valence-electron chi connectivity index (χ2n) is 14.5. The third-order valence-corrected chi connectivity index (χ3v) is 7.67. The van der Waals surface area contributed by atoms with Crippen LogP contribution in [-0.2, 0) is 16.2 Å². The third-order valence-electron chi connectivity index (χ3n) is 7.67. The standard InChI is InChI=1S/C39H45N3O3/c1-37(2,3)28-16-10-13-19-31(28)40-34(43)25-22-26(35(44)41-32-20-14-11-17-29(32)38(4,5)6)24-27(23-25)36(45)42-33-21-15-12-18-30(33)39(7,8)9/h10-24H,1-9H3,(H,40,43)(H,41,44)(H,42,45). The van der Waals surface area contributed by atoms with E-state index >= 15 is 0 Å². The molecule has 0 unspecified atom stereocenters. The summed E-state index contributed by atoms with van der Waals surface area (Å²) in [5.41, 5.74) is 4.91. The van der Waals surface area contributed by atoms with Gasteiger partial charge < -0.3 is 16.0 Å². The van der Waals surface area contributed by atoms with Crippen molar-refractivity contribution < 1.29 is 14.4 Å². The lowest BCUT2D eigenvalue weighted by atomic mass is 9.85. The van der Waals surface area contributed by atoms with Crippen molar-refractivity contribution in [1.29, 1.82) is 0 Å². The van der Waals surface area contributed by atoms with Gasteiger partial charge in [-0.05, 0) is 69.3 Å². The van der Waals surface area contributed by atoms with Gasteiger partial charge in [0.25, 0.3) is 17.7 Å². The molecule has 234 valence electrons. The van der Waals surface area contributed by atoms with Crippen molar-refractivity contribution in [3.8, 4) is 0 Å². The van der Waals surface area contributed by atoms with Crippen LogP contribution in [0, 0.1) is 0 Å². The summed E-state index contributed by atoms with van der Waals surface area (Å²) < 4.78 is 0. The van der Waals surface area contributed by atoms with Gasteiger partial charge in [0.05, 0.1) is 0 Å². The Morgan fingerprint density at radius 2 is 0.622 bits per heavy atom. The summed E-state index contributed by atoms with van der Waals surface area (Å²) >= 11 is 0. The Labute approximate surface area is 267 Å². The largest absolute Gasteiger partial charge is 0.322 e. The zero-order valence-corrected chi connectivity index (χ0v) is 27.9. The lowest BCUT2D eigenvalue weighted by Gasteiger charge is -2.24. The Hall–Kier alpha value is -4.71. The topological polar surface area (TPSA) is 87.3 Å². The van der Waals surface area contributed by atoms with E-state index in [1.807, 2.05) is 72.8 Å². The number of carbonyl (C=O) groups is 3. The van der Waals surface area contributed by atoms with Gasteiger partial charge in [-0.25, -0.2) is 0 Å². The minimum Gasteiger partial charge on any atom is -0.322 e. The van der Waals surface area contributed by atoms with E-state index in [4.69, 9.17) is 0 Å². The van der Waals surface area contributed by atoms with E-state index < -0.39 is 17.7 Å². The fourth-order valence-corrected chi connectivity index (χ4v) is 5.34. The molecular formula is C39H45N3O3. The molecule has 0 fully saturated rings. The zero-order chi connectivity index (χ0) is 33.2. The van der Waals surface area contributed by atoms with E-state index in [-0.39, 0.29) is 32.9 Å². The number of anilines is 3. The molecule has 0 saturated heterocycles. The summed E-state index contributed by atoms with van der Waals surface area (Å²) in [5.74, 6) is -1.25. The van der Waals surface area contributed by atoms with E-state index in [0.29, 0.717) is 17.1 Å². The van der Waals surface area contributed by atoms with Crippen LogP contribution >= 0.6 is 0 Å². The van der Waals surface area contributed by atoms with Gasteiger partial charge in [-0.15, -0.1) is 0 Å². The molecule has 0 aliphatic heterocycles. The Balaban J connectivity index is 1.76. The summed E-state index contributed by atoms with van der Waals surface area (Å²) in [6.45, 7) is 18.7. The number of hydrogen-bond acceptors (Lipinski definition) is 3. The number of rotatable bonds is 6. The van der Waals surface area contributed by atoms with Crippen molar-refractivity contribution in [2.45, 2.75) is 78.6 Å². The maximum atomic E-state index is 13.8. The molecular weight excluding hydrogens is 558 g/mol.